The van der Waals surface area contributed by atoms with Crippen LogP contribution in [0, 0.1) is 6.08 Å². The maximum Gasteiger partial charge on any atom is 0.111 e. The van der Waals surface area contributed by atoms with Gasteiger partial charge in [0.25, 0.3) is 0 Å². The molecule has 0 saturated heterocycles. The van der Waals surface area contributed by atoms with E-state index in [1.165, 1.54) is 11.1 Å². The molecule has 0 unspecified atom stereocenters. The van der Waals surface area contributed by atoms with Crippen LogP contribution >= 0.6 is 0 Å². The van der Waals surface area contributed by atoms with Crippen molar-refractivity contribution >= 4 is 12.2 Å². The largest absolute Gasteiger partial charge is 0.111 e. The Bertz CT molecular complexity index is 262. The van der Waals surface area contributed by atoms with E-state index in [1.54, 1.807) is 0 Å². The second kappa shape index (κ2) is 2.09. The molecule has 0 saturated carbocycles. The van der Waals surface area contributed by atoms with Gasteiger partial charge in [0.05, 0.1) is 17.2 Å². The molecule has 0 N–H and O–H groups in total. The Balaban J connectivity index is 2.65. The van der Waals surface area contributed by atoms with Gasteiger partial charge in [0.15, 0.2) is 0 Å². The predicted octanol–water partition coefficient (Wildman–Crippen LogP) is 2.53. The van der Waals surface area contributed by atoms with Crippen LogP contribution in [-0.4, -0.2) is 0 Å². The van der Waals surface area contributed by atoms with Gasteiger partial charge in [-0.2, -0.15) is 0 Å². The number of hydrogen-bond donors (Lipinski definition) is 0. The van der Waals surface area contributed by atoms with Gasteiger partial charge in [-0.05, 0) is 12.1 Å². The summed E-state index contributed by atoms with van der Waals surface area (Å²) in [5.41, 5.74) is 2.53. The maximum absolute atomic E-state index is 3.04. The van der Waals surface area contributed by atoms with E-state index in [0.717, 1.165) is 0 Å². The van der Waals surface area contributed by atoms with Gasteiger partial charge in [0.2, 0.25) is 0 Å². The van der Waals surface area contributed by atoms with Gasteiger partial charge in [-0.25, -0.2) is 0 Å². The first-order chi connectivity index (χ1) is 4.97. The van der Waals surface area contributed by atoms with E-state index in [0.29, 0.717) is 0 Å². The van der Waals surface area contributed by atoms with Gasteiger partial charge < -0.3 is 0 Å². The van der Waals surface area contributed by atoms with E-state index in [1.807, 2.05) is 24.3 Å². The molecule has 0 fully saturated rings. The van der Waals surface area contributed by atoms with E-state index in [-0.39, 0.29) is 0 Å². The molecule has 0 nitrogen and oxygen atoms in total. The average molecular weight is 127 g/mol. The predicted molar refractivity (Wildman–Crippen MR) is 43.2 cm³/mol. The van der Waals surface area contributed by atoms with Crippen LogP contribution in [-0.2, 0) is 0 Å². The van der Waals surface area contributed by atoms with Crippen LogP contribution in [0.3, 0.4) is 0 Å². The van der Waals surface area contributed by atoms with Crippen molar-refractivity contribution in [1.82, 2.24) is 0 Å². The Kier molecular flexibility index (Phi) is 1.13. The molecule has 0 aliphatic heterocycles. The van der Waals surface area contributed by atoms with Crippen molar-refractivity contribution in [3.63, 3.8) is 0 Å². The van der Waals surface area contributed by atoms with Gasteiger partial charge in [-0.1, -0.05) is 6.07 Å². The zero-order chi connectivity index (χ0) is 6.81. The number of benzene rings is 1. The van der Waals surface area contributed by atoms with E-state index >= 15 is 0 Å². The molecule has 1 aliphatic rings. The first-order valence-corrected chi connectivity index (χ1v) is 3.32. The van der Waals surface area contributed by atoms with Crippen LogP contribution in [0.1, 0.15) is 11.1 Å². The molecule has 1 aromatic rings. The Morgan fingerprint density at radius 1 is 1.00 bits per heavy atom. The quantitative estimate of drug-likeness (QED) is 0.470. The van der Waals surface area contributed by atoms with Crippen molar-refractivity contribution in [2.75, 3.05) is 0 Å². The highest BCUT2D eigenvalue weighted by atomic mass is 14.0. The summed E-state index contributed by atoms with van der Waals surface area (Å²) < 4.78 is 0. The lowest BCUT2D eigenvalue weighted by Crippen LogP contribution is -1.81. The molecule has 0 atom stereocenters. The Morgan fingerprint density at radius 3 is 2.60 bits per heavy atom. The summed E-state index contributed by atoms with van der Waals surface area (Å²) in [5, 5.41) is 0. The molecule has 2 rings (SSSR count). The number of allylic oxidation sites excluding steroid dienone is 2. The minimum atomic E-state index is 1.25. The zero-order valence-electron chi connectivity index (χ0n) is 5.54. The number of rotatable bonds is 0. The average Bonchev–Trinajstić information content (AvgIpc) is 2.05. The fourth-order valence-corrected chi connectivity index (χ4v) is 1.07. The lowest BCUT2D eigenvalue weighted by molar-refractivity contribution is 1.59. The van der Waals surface area contributed by atoms with Crippen LogP contribution in [0.5, 0.6) is 0 Å². The third-order valence-electron chi connectivity index (χ3n) is 1.59. The molecule has 0 radical (unpaired) electrons. The molecular formula is C10H7+. The van der Waals surface area contributed by atoms with Crippen molar-refractivity contribution in [2.24, 2.45) is 0 Å². The van der Waals surface area contributed by atoms with Crippen LogP contribution in [0.15, 0.2) is 30.3 Å². The van der Waals surface area contributed by atoms with Crippen molar-refractivity contribution in [3.05, 3.63) is 47.5 Å². The molecule has 0 bridgehead atoms. The molecule has 0 heteroatoms. The summed E-state index contributed by atoms with van der Waals surface area (Å²) in [5.74, 6) is 0. The van der Waals surface area contributed by atoms with Crippen molar-refractivity contribution in [2.45, 2.75) is 0 Å². The topological polar surface area (TPSA) is 0 Å². The molecule has 0 spiro atoms. The molecule has 0 heterocycles. The molecular weight excluding hydrogens is 120 g/mol. The van der Waals surface area contributed by atoms with Gasteiger partial charge in [0, 0.05) is 12.1 Å². The highest BCUT2D eigenvalue weighted by molar-refractivity contribution is 5.69. The lowest BCUT2D eigenvalue weighted by Gasteiger charge is -1.92. The second-order valence-corrected chi connectivity index (χ2v) is 2.27. The van der Waals surface area contributed by atoms with Crippen molar-refractivity contribution in [3.8, 4) is 0 Å². The Hall–Kier alpha value is -1.39. The van der Waals surface area contributed by atoms with Gasteiger partial charge in [-0.15, -0.1) is 0 Å². The zero-order valence-corrected chi connectivity index (χ0v) is 5.54. The van der Waals surface area contributed by atoms with Gasteiger partial charge >= 0.3 is 0 Å². The SMILES string of the molecule is [C+]1=Cc2ccccc2C=C1. The lowest BCUT2D eigenvalue weighted by atomic mass is 10.0. The molecule has 0 aromatic heterocycles. The van der Waals surface area contributed by atoms with Gasteiger partial charge in [0.1, 0.15) is 12.2 Å². The normalized spacial score (nSPS) is 12.4. The maximum atomic E-state index is 3.04. The van der Waals surface area contributed by atoms with E-state index < -0.39 is 0 Å². The smallest absolute Gasteiger partial charge is 0.0581 e. The monoisotopic (exact) mass is 127 g/mol. The highest BCUT2D eigenvalue weighted by Gasteiger charge is 2.05. The summed E-state index contributed by atoms with van der Waals surface area (Å²) in [6.07, 6.45) is 9.03. The number of fused-ring (bicyclic) bond motifs is 1. The van der Waals surface area contributed by atoms with Crippen molar-refractivity contribution < 1.29 is 0 Å². The van der Waals surface area contributed by atoms with Crippen LogP contribution < -0.4 is 0 Å². The fraction of sp³-hybridized carbons (Fsp3) is 0. The fourth-order valence-electron chi connectivity index (χ4n) is 1.07. The summed E-state index contributed by atoms with van der Waals surface area (Å²) >= 11 is 0. The van der Waals surface area contributed by atoms with Crippen LogP contribution in [0.25, 0.3) is 12.2 Å². The van der Waals surface area contributed by atoms with Crippen LogP contribution in [0.2, 0.25) is 0 Å². The standard InChI is InChI=1S/C10H7/c1-2-6-10-8-4-3-7-9(10)5-1/h1-3,5-8H/q+1. The molecule has 10 heavy (non-hydrogen) atoms. The third-order valence-corrected chi connectivity index (χ3v) is 1.59. The van der Waals surface area contributed by atoms with E-state index in [4.69, 9.17) is 0 Å². The highest BCUT2D eigenvalue weighted by Crippen LogP contribution is 2.15. The van der Waals surface area contributed by atoms with Gasteiger partial charge in [-0.3, -0.25) is 0 Å². The molecule has 1 aromatic carbocycles. The minimum absolute atomic E-state index is 1.25. The molecule has 46 valence electrons. The summed E-state index contributed by atoms with van der Waals surface area (Å²) in [6.45, 7) is 0. The Morgan fingerprint density at radius 2 is 1.80 bits per heavy atom. The molecule has 1 aliphatic carbocycles. The summed E-state index contributed by atoms with van der Waals surface area (Å²) in [4.78, 5) is 0. The van der Waals surface area contributed by atoms with E-state index in [2.05, 4.69) is 24.3 Å². The van der Waals surface area contributed by atoms with Crippen molar-refractivity contribution in [1.29, 1.82) is 0 Å². The Labute approximate surface area is 60.5 Å². The molecule has 0 amide bonds. The van der Waals surface area contributed by atoms with Crippen LogP contribution in [0.4, 0.5) is 0 Å². The second-order valence-electron chi connectivity index (χ2n) is 2.27. The minimum Gasteiger partial charge on any atom is -0.0581 e. The van der Waals surface area contributed by atoms with E-state index in [9.17, 15) is 0 Å². The first kappa shape index (κ1) is 5.40. The number of hydrogen-bond acceptors (Lipinski definition) is 0. The first-order valence-electron chi connectivity index (χ1n) is 3.32. The summed E-state index contributed by atoms with van der Waals surface area (Å²) in [6, 6.07) is 8.27. The summed E-state index contributed by atoms with van der Waals surface area (Å²) in [7, 11) is 0. The third kappa shape index (κ3) is 0.754.